The summed E-state index contributed by atoms with van der Waals surface area (Å²) in [4.78, 5) is 7.24. The maximum Gasteiger partial charge on any atom is 0.219 e. The minimum atomic E-state index is -3.43. The van der Waals surface area contributed by atoms with Gasteiger partial charge >= 0.3 is 0 Å². The molecule has 4 rings (SSSR count). The maximum atomic E-state index is 14.7. The molecule has 5 atom stereocenters. The Morgan fingerprint density at radius 2 is 2.11 bits per heavy atom. The summed E-state index contributed by atoms with van der Waals surface area (Å²) in [6, 6.07) is -0.269. The first-order chi connectivity index (χ1) is 16.6. The maximum absolute atomic E-state index is 14.7. The van der Waals surface area contributed by atoms with Crippen LogP contribution in [0.3, 0.4) is 0 Å². The van der Waals surface area contributed by atoms with Gasteiger partial charge in [-0.25, -0.2) is 12.8 Å². The molecule has 2 N–H and O–H groups in total. The molecule has 1 aliphatic carbocycles. The van der Waals surface area contributed by atoms with Gasteiger partial charge in [-0.2, -0.15) is 0 Å². The second-order valence-corrected chi connectivity index (χ2v) is 12.1. The molecule has 9 nitrogen and oxygen atoms in total. The first kappa shape index (κ1) is 26.0. The van der Waals surface area contributed by atoms with Gasteiger partial charge in [-0.15, -0.1) is 10.2 Å². The third kappa shape index (κ3) is 5.67. The summed E-state index contributed by atoms with van der Waals surface area (Å²) in [5.41, 5.74) is 0. The molecule has 1 aromatic heterocycles. The molecule has 1 aromatic rings. The van der Waals surface area contributed by atoms with Crippen LogP contribution < -0.4 is 10.6 Å². The van der Waals surface area contributed by atoms with Gasteiger partial charge in [0.2, 0.25) is 11.8 Å². The quantitative estimate of drug-likeness (QED) is 0.602. The summed E-state index contributed by atoms with van der Waals surface area (Å²) in [6.07, 6.45) is 6.71. The number of halogens is 1. The van der Waals surface area contributed by atoms with Crippen molar-refractivity contribution in [3.63, 3.8) is 0 Å². The largest absolute Gasteiger partial charge is 0.425 e. The normalized spacial score (nSPS) is 30.2. The van der Waals surface area contributed by atoms with Crippen molar-refractivity contribution in [2.24, 2.45) is 10.9 Å². The standard InChI is InChI=1S/C24H37FN6O3S/c1-6-17-11-16(24-30-29-23(34-24)14(2)3)9-10-31(17)22-15(4)21(26-13-27-22)28-20-8-7-18(12-19(20)25)35(5,32)33/h7,12,14-17,20-21,26,28H,6,8-11,13H2,1-5H3. The van der Waals surface area contributed by atoms with E-state index in [1.165, 1.54) is 0 Å². The number of piperidine rings is 1. The zero-order valence-corrected chi connectivity index (χ0v) is 22.0. The first-order valence-electron chi connectivity index (χ1n) is 12.5. The van der Waals surface area contributed by atoms with E-state index in [1.54, 1.807) is 6.08 Å². The molecule has 0 spiro atoms. The summed E-state index contributed by atoms with van der Waals surface area (Å²) < 4.78 is 44.2. The lowest BCUT2D eigenvalue weighted by atomic mass is 9.88. The second kappa shape index (κ2) is 10.5. The molecule has 0 aromatic carbocycles. The number of likely N-dealkylation sites (tertiary alicyclic amines) is 1. The molecule has 3 heterocycles. The van der Waals surface area contributed by atoms with Crippen LogP contribution in [0.5, 0.6) is 0 Å². The summed E-state index contributed by atoms with van der Waals surface area (Å²) in [5.74, 6) is 2.44. The van der Waals surface area contributed by atoms with Crippen LogP contribution in [0, 0.1) is 5.92 Å². The fourth-order valence-corrected chi connectivity index (χ4v) is 5.85. The lowest BCUT2D eigenvalue weighted by Crippen LogP contribution is -2.60. The Morgan fingerprint density at radius 1 is 1.34 bits per heavy atom. The van der Waals surface area contributed by atoms with E-state index in [9.17, 15) is 12.8 Å². The number of aromatic nitrogens is 2. The number of aliphatic imine (C=N–C) groups is 1. The van der Waals surface area contributed by atoms with Crippen molar-refractivity contribution in [3.05, 3.63) is 34.7 Å². The minimum Gasteiger partial charge on any atom is -0.425 e. The number of nitrogens with one attached hydrogen (secondary N) is 2. The first-order valence-corrected chi connectivity index (χ1v) is 14.4. The third-order valence-corrected chi connectivity index (χ3v) is 8.36. The predicted molar refractivity (Wildman–Crippen MR) is 133 cm³/mol. The van der Waals surface area contributed by atoms with E-state index < -0.39 is 21.7 Å². The Hall–Kier alpha value is -2.11. The number of hydrogen-bond donors (Lipinski definition) is 2. The van der Waals surface area contributed by atoms with Crippen LogP contribution >= 0.6 is 0 Å². The van der Waals surface area contributed by atoms with Gasteiger partial charge < -0.3 is 9.32 Å². The van der Waals surface area contributed by atoms with Crippen molar-refractivity contribution in [3.8, 4) is 0 Å². The topological polar surface area (TPSA) is 113 Å². The fraction of sp³-hybridized carbons (Fsp3) is 0.708. The van der Waals surface area contributed by atoms with Gasteiger partial charge in [0, 0.05) is 36.6 Å². The van der Waals surface area contributed by atoms with Crippen LogP contribution in [0.4, 0.5) is 4.39 Å². The van der Waals surface area contributed by atoms with Crippen LogP contribution in [-0.2, 0) is 9.84 Å². The van der Waals surface area contributed by atoms with E-state index in [0.717, 1.165) is 49.9 Å². The van der Waals surface area contributed by atoms with E-state index in [0.29, 0.717) is 18.6 Å². The van der Waals surface area contributed by atoms with Crippen molar-refractivity contribution in [1.82, 2.24) is 25.7 Å². The highest BCUT2D eigenvalue weighted by atomic mass is 32.2. The Bertz CT molecular complexity index is 1110. The van der Waals surface area contributed by atoms with Crippen molar-refractivity contribution in [1.29, 1.82) is 0 Å². The molecule has 1 fully saturated rings. The minimum absolute atomic E-state index is 0.0124. The Morgan fingerprint density at radius 3 is 2.74 bits per heavy atom. The van der Waals surface area contributed by atoms with Gasteiger partial charge in [0.1, 0.15) is 11.7 Å². The molecular weight excluding hydrogens is 471 g/mol. The highest BCUT2D eigenvalue weighted by Gasteiger charge is 2.38. The number of nitrogens with zero attached hydrogens (tertiary/aromatic N) is 4. The number of rotatable bonds is 6. The second-order valence-electron chi connectivity index (χ2n) is 10.1. The molecule has 11 heteroatoms. The van der Waals surface area contributed by atoms with Crippen LogP contribution in [0.2, 0.25) is 0 Å². The zero-order valence-electron chi connectivity index (χ0n) is 21.2. The summed E-state index contributed by atoms with van der Waals surface area (Å²) in [6.45, 7) is 9.66. The average Bonchev–Trinajstić information content (AvgIpc) is 3.31. The molecule has 1 saturated heterocycles. The Kier molecular flexibility index (Phi) is 7.77. The number of allylic oxidation sites excluding steroid dienone is 1. The van der Waals surface area contributed by atoms with Crippen molar-refractivity contribution < 1.29 is 17.2 Å². The van der Waals surface area contributed by atoms with Gasteiger partial charge in [0.15, 0.2) is 9.84 Å². The number of amidine groups is 1. The van der Waals surface area contributed by atoms with E-state index in [-0.39, 0.29) is 35.2 Å². The molecule has 0 saturated carbocycles. The van der Waals surface area contributed by atoms with Gasteiger partial charge in [0.25, 0.3) is 0 Å². The Labute approximate surface area is 207 Å². The smallest absolute Gasteiger partial charge is 0.219 e. The molecule has 0 bridgehead atoms. The van der Waals surface area contributed by atoms with E-state index >= 15 is 0 Å². The number of sulfone groups is 1. The van der Waals surface area contributed by atoms with E-state index in [2.05, 4.69) is 39.6 Å². The van der Waals surface area contributed by atoms with E-state index in [1.807, 2.05) is 13.8 Å². The zero-order chi connectivity index (χ0) is 25.3. The monoisotopic (exact) mass is 508 g/mol. The highest BCUT2D eigenvalue weighted by molar-refractivity contribution is 7.94. The predicted octanol–water partition coefficient (Wildman–Crippen LogP) is 3.22. The number of hydrogen-bond acceptors (Lipinski definition) is 9. The molecule has 0 amide bonds. The molecule has 5 unspecified atom stereocenters. The lowest BCUT2D eigenvalue weighted by Gasteiger charge is -2.45. The third-order valence-electron chi connectivity index (χ3n) is 7.22. The fourth-order valence-electron chi connectivity index (χ4n) is 5.12. The van der Waals surface area contributed by atoms with Gasteiger partial charge in [-0.1, -0.05) is 33.8 Å². The molecular formula is C24H37FN6O3S. The average molecular weight is 509 g/mol. The van der Waals surface area contributed by atoms with Crippen LogP contribution in [0.25, 0.3) is 0 Å². The molecule has 0 radical (unpaired) electrons. The van der Waals surface area contributed by atoms with Gasteiger partial charge in [-0.3, -0.25) is 15.6 Å². The molecule has 35 heavy (non-hydrogen) atoms. The van der Waals surface area contributed by atoms with Crippen molar-refractivity contribution in [2.45, 2.75) is 83.5 Å². The van der Waals surface area contributed by atoms with Crippen LogP contribution in [0.15, 0.2) is 32.3 Å². The van der Waals surface area contributed by atoms with Gasteiger partial charge in [-0.05, 0) is 31.8 Å². The van der Waals surface area contributed by atoms with Crippen molar-refractivity contribution >= 4 is 15.7 Å². The van der Waals surface area contributed by atoms with E-state index in [4.69, 9.17) is 9.41 Å². The highest BCUT2D eigenvalue weighted by Crippen LogP contribution is 2.34. The summed E-state index contributed by atoms with van der Waals surface area (Å²) >= 11 is 0. The molecule has 194 valence electrons. The summed E-state index contributed by atoms with van der Waals surface area (Å²) in [7, 11) is -3.43. The van der Waals surface area contributed by atoms with Crippen LogP contribution in [-0.4, -0.2) is 67.1 Å². The SMILES string of the molecule is CCC1CC(c2nnc(C(C)C)o2)CCN1C1=NCNC(NC2CC=C(S(C)(=O)=O)C=C2F)C1C. The van der Waals surface area contributed by atoms with Gasteiger partial charge in [0.05, 0.1) is 23.8 Å². The van der Waals surface area contributed by atoms with Crippen LogP contribution in [0.1, 0.15) is 77.0 Å². The summed E-state index contributed by atoms with van der Waals surface area (Å²) in [5, 5.41) is 15.2. The van der Waals surface area contributed by atoms with Crippen molar-refractivity contribution in [2.75, 3.05) is 19.5 Å². The lowest BCUT2D eigenvalue weighted by molar-refractivity contribution is 0.180. The molecule has 3 aliphatic rings. The molecule has 2 aliphatic heterocycles. The Balaban J connectivity index is 1.42.